The van der Waals surface area contributed by atoms with Gasteiger partial charge in [-0.1, -0.05) is 19.9 Å². The Morgan fingerprint density at radius 2 is 1.95 bits per heavy atom. The zero-order valence-electron chi connectivity index (χ0n) is 11.7. The lowest BCUT2D eigenvalue weighted by molar-refractivity contribution is 0.123. The highest BCUT2D eigenvalue weighted by molar-refractivity contribution is 5.43. The average molecular weight is 265 g/mol. The Morgan fingerprint density at radius 3 is 2.68 bits per heavy atom. The quantitative estimate of drug-likeness (QED) is 0.854. The molecule has 106 valence electrons. The molecular weight excluding hydrogens is 242 g/mol. The van der Waals surface area contributed by atoms with E-state index < -0.39 is 0 Å². The lowest BCUT2D eigenvalue weighted by Gasteiger charge is -2.15. The second-order valence-electron chi connectivity index (χ2n) is 5.27. The minimum absolute atomic E-state index is 0.274. The summed E-state index contributed by atoms with van der Waals surface area (Å²) in [6, 6.07) is 5.99. The number of rotatable bonds is 5. The standard InChI is InChI=1S/C15H23NO3/c1-11(2)13(17)10-16-9-12-4-5-14-15(8-12)19-7-3-6-18-14/h4-5,8,11,13,16-17H,3,6-7,9-10H2,1-2H3. The lowest BCUT2D eigenvalue weighted by Crippen LogP contribution is -2.30. The van der Waals surface area contributed by atoms with Crippen molar-refractivity contribution in [3.05, 3.63) is 23.8 Å². The van der Waals surface area contributed by atoms with Crippen LogP contribution in [0.15, 0.2) is 18.2 Å². The van der Waals surface area contributed by atoms with Crippen LogP contribution in [-0.2, 0) is 6.54 Å². The normalized spacial score (nSPS) is 16.2. The molecule has 1 heterocycles. The first-order chi connectivity index (χ1) is 9.16. The maximum Gasteiger partial charge on any atom is 0.161 e. The second kappa shape index (κ2) is 6.78. The first-order valence-corrected chi connectivity index (χ1v) is 6.94. The van der Waals surface area contributed by atoms with Crippen molar-refractivity contribution < 1.29 is 14.6 Å². The van der Waals surface area contributed by atoms with E-state index >= 15 is 0 Å². The van der Waals surface area contributed by atoms with Gasteiger partial charge in [0, 0.05) is 19.5 Å². The molecule has 1 aromatic rings. The van der Waals surface area contributed by atoms with Crippen molar-refractivity contribution in [3.8, 4) is 11.5 Å². The molecule has 4 nitrogen and oxygen atoms in total. The number of ether oxygens (including phenoxy) is 2. The molecule has 1 atom stereocenters. The van der Waals surface area contributed by atoms with Gasteiger partial charge in [-0.2, -0.15) is 0 Å². The smallest absolute Gasteiger partial charge is 0.161 e. The van der Waals surface area contributed by atoms with E-state index in [0.717, 1.165) is 30.0 Å². The minimum Gasteiger partial charge on any atom is -0.490 e. The van der Waals surface area contributed by atoms with Crippen molar-refractivity contribution in [1.29, 1.82) is 0 Å². The highest BCUT2D eigenvalue weighted by Gasteiger charge is 2.11. The molecule has 0 amide bonds. The largest absolute Gasteiger partial charge is 0.490 e. The van der Waals surface area contributed by atoms with Crippen LogP contribution in [0.2, 0.25) is 0 Å². The van der Waals surface area contributed by atoms with Gasteiger partial charge in [-0.05, 0) is 23.6 Å². The topological polar surface area (TPSA) is 50.7 Å². The fraction of sp³-hybridized carbons (Fsp3) is 0.600. The monoisotopic (exact) mass is 265 g/mol. The Bertz CT molecular complexity index is 406. The van der Waals surface area contributed by atoms with Crippen molar-refractivity contribution in [2.24, 2.45) is 5.92 Å². The molecule has 4 heteroatoms. The van der Waals surface area contributed by atoms with E-state index in [1.165, 1.54) is 0 Å². The van der Waals surface area contributed by atoms with Crippen LogP contribution in [0.5, 0.6) is 11.5 Å². The molecule has 0 saturated heterocycles. The van der Waals surface area contributed by atoms with Gasteiger partial charge in [0.1, 0.15) is 0 Å². The Hall–Kier alpha value is -1.26. The number of benzene rings is 1. The van der Waals surface area contributed by atoms with Crippen molar-refractivity contribution in [3.63, 3.8) is 0 Å². The molecule has 0 fully saturated rings. The van der Waals surface area contributed by atoms with E-state index in [4.69, 9.17) is 9.47 Å². The number of aliphatic hydroxyl groups is 1. The van der Waals surface area contributed by atoms with Gasteiger partial charge in [-0.3, -0.25) is 0 Å². The van der Waals surface area contributed by atoms with E-state index in [2.05, 4.69) is 5.32 Å². The van der Waals surface area contributed by atoms with E-state index in [1.807, 2.05) is 32.0 Å². The Labute approximate surface area is 114 Å². The first kappa shape index (κ1) is 14.2. The zero-order valence-corrected chi connectivity index (χ0v) is 11.7. The van der Waals surface area contributed by atoms with E-state index in [1.54, 1.807) is 0 Å². The van der Waals surface area contributed by atoms with Gasteiger partial charge < -0.3 is 19.9 Å². The molecule has 1 aliphatic heterocycles. The maximum absolute atomic E-state index is 9.73. The lowest BCUT2D eigenvalue weighted by atomic mass is 10.1. The molecule has 1 aliphatic rings. The van der Waals surface area contributed by atoms with Gasteiger partial charge in [0.05, 0.1) is 19.3 Å². The van der Waals surface area contributed by atoms with Crippen LogP contribution in [-0.4, -0.2) is 31.0 Å². The number of hydrogen-bond donors (Lipinski definition) is 2. The summed E-state index contributed by atoms with van der Waals surface area (Å²) < 4.78 is 11.2. The molecule has 19 heavy (non-hydrogen) atoms. The number of hydrogen-bond acceptors (Lipinski definition) is 4. The fourth-order valence-corrected chi connectivity index (χ4v) is 1.92. The van der Waals surface area contributed by atoms with Gasteiger partial charge in [-0.25, -0.2) is 0 Å². The third-order valence-electron chi connectivity index (χ3n) is 3.26. The maximum atomic E-state index is 9.73. The van der Waals surface area contributed by atoms with Crippen LogP contribution in [0.25, 0.3) is 0 Å². The van der Waals surface area contributed by atoms with Crippen LogP contribution < -0.4 is 14.8 Å². The number of nitrogens with one attached hydrogen (secondary N) is 1. The molecule has 2 rings (SSSR count). The number of aliphatic hydroxyl groups excluding tert-OH is 1. The summed E-state index contributed by atoms with van der Waals surface area (Å²) in [5, 5.41) is 13.0. The second-order valence-corrected chi connectivity index (χ2v) is 5.27. The molecule has 0 aliphatic carbocycles. The summed E-state index contributed by atoms with van der Waals surface area (Å²) >= 11 is 0. The molecule has 0 saturated carbocycles. The molecule has 0 radical (unpaired) electrons. The molecule has 2 N–H and O–H groups in total. The van der Waals surface area contributed by atoms with Crippen LogP contribution in [0.3, 0.4) is 0 Å². The molecule has 0 aromatic heterocycles. The van der Waals surface area contributed by atoms with Crippen LogP contribution in [0.1, 0.15) is 25.8 Å². The summed E-state index contributed by atoms with van der Waals surface area (Å²) in [7, 11) is 0. The van der Waals surface area contributed by atoms with E-state index in [9.17, 15) is 5.11 Å². The van der Waals surface area contributed by atoms with Gasteiger partial charge in [0.25, 0.3) is 0 Å². The summed E-state index contributed by atoms with van der Waals surface area (Å²) in [5.74, 6) is 1.92. The SMILES string of the molecule is CC(C)C(O)CNCc1ccc2c(c1)OCCCO2. The summed E-state index contributed by atoms with van der Waals surface area (Å²) in [5.41, 5.74) is 1.14. The van der Waals surface area contributed by atoms with Gasteiger partial charge in [0.2, 0.25) is 0 Å². The van der Waals surface area contributed by atoms with E-state index in [-0.39, 0.29) is 12.0 Å². The summed E-state index contributed by atoms with van der Waals surface area (Å²) in [6.07, 6.45) is 0.614. The molecule has 1 unspecified atom stereocenters. The van der Waals surface area contributed by atoms with Gasteiger partial charge in [0.15, 0.2) is 11.5 Å². The highest BCUT2D eigenvalue weighted by Crippen LogP contribution is 2.30. The number of fused-ring (bicyclic) bond motifs is 1. The summed E-state index contributed by atoms with van der Waals surface area (Å²) in [4.78, 5) is 0. The predicted octanol–water partition coefficient (Wildman–Crippen LogP) is 1.95. The zero-order chi connectivity index (χ0) is 13.7. The fourth-order valence-electron chi connectivity index (χ4n) is 1.92. The molecular formula is C15H23NO3. The van der Waals surface area contributed by atoms with Gasteiger partial charge >= 0.3 is 0 Å². The van der Waals surface area contributed by atoms with Crippen LogP contribution >= 0.6 is 0 Å². The van der Waals surface area contributed by atoms with Crippen molar-refractivity contribution in [1.82, 2.24) is 5.32 Å². The average Bonchev–Trinajstić information content (AvgIpc) is 2.63. The van der Waals surface area contributed by atoms with Crippen LogP contribution in [0, 0.1) is 5.92 Å². The van der Waals surface area contributed by atoms with Crippen molar-refractivity contribution in [2.75, 3.05) is 19.8 Å². The minimum atomic E-state index is -0.305. The first-order valence-electron chi connectivity index (χ1n) is 6.94. The highest BCUT2D eigenvalue weighted by atomic mass is 16.5. The molecule has 0 spiro atoms. The molecule has 0 bridgehead atoms. The third kappa shape index (κ3) is 4.11. The van der Waals surface area contributed by atoms with Gasteiger partial charge in [-0.15, -0.1) is 0 Å². The Balaban J connectivity index is 1.89. The Morgan fingerprint density at radius 1 is 1.21 bits per heavy atom. The Kier molecular flexibility index (Phi) is 5.05. The predicted molar refractivity (Wildman–Crippen MR) is 74.6 cm³/mol. The van der Waals surface area contributed by atoms with Crippen LogP contribution in [0.4, 0.5) is 0 Å². The van der Waals surface area contributed by atoms with Crippen molar-refractivity contribution >= 4 is 0 Å². The summed E-state index contributed by atoms with van der Waals surface area (Å²) in [6.45, 7) is 6.77. The molecule has 1 aromatic carbocycles. The third-order valence-corrected chi connectivity index (χ3v) is 3.26. The van der Waals surface area contributed by atoms with E-state index in [0.29, 0.717) is 19.8 Å². The van der Waals surface area contributed by atoms with Crippen molar-refractivity contribution in [2.45, 2.75) is 32.9 Å².